The van der Waals surface area contributed by atoms with Gasteiger partial charge in [-0.1, -0.05) is 72.0 Å². The second-order valence-corrected chi connectivity index (χ2v) is 8.33. The summed E-state index contributed by atoms with van der Waals surface area (Å²) >= 11 is 12.7. The fourth-order valence-electron chi connectivity index (χ4n) is 2.72. The summed E-state index contributed by atoms with van der Waals surface area (Å²) in [6.07, 6.45) is 2.10. The maximum atomic E-state index is 12.7. The maximum Gasteiger partial charge on any atom is 0.303 e. The van der Waals surface area contributed by atoms with Gasteiger partial charge >= 0.3 is 5.97 Å². The number of thioether (sulfide) groups is 1. The van der Waals surface area contributed by atoms with Crippen LogP contribution in [0.5, 0.6) is 5.75 Å². The number of aliphatic carboxylic acids is 1. The Bertz CT molecular complexity index is 977. The summed E-state index contributed by atoms with van der Waals surface area (Å²) < 4.78 is 6.36. The summed E-state index contributed by atoms with van der Waals surface area (Å²) in [5.74, 6) is -0.481. The van der Waals surface area contributed by atoms with Gasteiger partial charge in [-0.2, -0.15) is 0 Å². The fourth-order valence-corrected chi connectivity index (χ4v) is 4.21. The lowest BCUT2D eigenvalue weighted by molar-refractivity contribution is -0.137. The Morgan fingerprint density at radius 1 is 1.21 bits per heavy atom. The van der Waals surface area contributed by atoms with Crippen molar-refractivity contribution in [3.05, 3.63) is 69.6 Å². The number of hydrogen-bond acceptors (Lipinski definition) is 5. The molecule has 0 spiro atoms. The van der Waals surface area contributed by atoms with Crippen LogP contribution < -0.4 is 4.74 Å². The van der Waals surface area contributed by atoms with Crippen LogP contribution in [0, 0.1) is 0 Å². The molecule has 2 aromatic carbocycles. The monoisotopic (exact) mass is 447 g/mol. The van der Waals surface area contributed by atoms with Crippen molar-refractivity contribution in [2.75, 3.05) is 6.54 Å². The molecule has 0 radical (unpaired) electrons. The second-order valence-electron chi connectivity index (χ2n) is 6.25. The lowest BCUT2D eigenvalue weighted by atomic mass is 10.1. The smallest absolute Gasteiger partial charge is 0.303 e. The van der Waals surface area contributed by atoms with Crippen LogP contribution in [0.4, 0.5) is 0 Å². The van der Waals surface area contributed by atoms with Gasteiger partial charge in [-0.3, -0.25) is 14.5 Å². The van der Waals surface area contributed by atoms with Crippen molar-refractivity contribution in [3.63, 3.8) is 0 Å². The molecule has 0 bridgehead atoms. The van der Waals surface area contributed by atoms with Crippen LogP contribution in [0.1, 0.15) is 24.0 Å². The molecule has 1 fully saturated rings. The molecule has 1 saturated heterocycles. The van der Waals surface area contributed by atoms with Crippen LogP contribution in [-0.2, 0) is 16.2 Å². The number of carbonyl (C=O) groups excluding carboxylic acids is 1. The first-order valence-electron chi connectivity index (χ1n) is 8.88. The van der Waals surface area contributed by atoms with E-state index >= 15 is 0 Å². The van der Waals surface area contributed by atoms with Crippen molar-refractivity contribution in [3.8, 4) is 5.75 Å². The number of carboxylic acid groups (broad SMARTS) is 1. The predicted molar refractivity (Wildman–Crippen MR) is 119 cm³/mol. The third-order valence-corrected chi connectivity index (χ3v) is 5.94. The molecule has 1 N–H and O–H groups in total. The number of carboxylic acids is 1. The van der Waals surface area contributed by atoms with E-state index in [0.717, 1.165) is 11.1 Å². The van der Waals surface area contributed by atoms with Crippen molar-refractivity contribution in [2.24, 2.45) is 0 Å². The van der Waals surface area contributed by atoms with Crippen molar-refractivity contribution in [1.82, 2.24) is 4.90 Å². The molecule has 0 aromatic heterocycles. The zero-order chi connectivity index (χ0) is 20.8. The van der Waals surface area contributed by atoms with Gasteiger partial charge in [0.2, 0.25) is 0 Å². The summed E-state index contributed by atoms with van der Waals surface area (Å²) in [4.78, 5) is 25.3. The van der Waals surface area contributed by atoms with E-state index in [1.165, 1.54) is 16.7 Å². The SMILES string of the molecule is O=C(O)CCCN1C(=O)/C(=C\c2ccccc2OCc2ccccc2Cl)SC1=S. The summed E-state index contributed by atoms with van der Waals surface area (Å²) in [6.45, 7) is 0.597. The zero-order valence-corrected chi connectivity index (χ0v) is 17.7. The number of amides is 1. The number of ether oxygens (including phenoxy) is 1. The lowest BCUT2D eigenvalue weighted by Gasteiger charge is -2.13. The van der Waals surface area contributed by atoms with E-state index in [4.69, 9.17) is 33.7 Å². The number of benzene rings is 2. The highest BCUT2D eigenvalue weighted by molar-refractivity contribution is 8.26. The summed E-state index contributed by atoms with van der Waals surface area (Å²) in [5.41, 5.74) is 1.62. The van der Waals surface area contributed by atoms with Crippen molar-refractivity contribution in [2.45, 2.75) is 19.4 Å². The Morgan fingerprint density at radius 2 is 1.93 bits per heavy atom. The van der Waals surface area contributed by atoms with Gasteiger partial charge in [0.1, 0.15) is 16.7 Å². The number of para-hydroxylation sites is 1. The minimum atomic E-state index is -0.893. The lowest BCUT2D eigenvalue weighted by Crippen LogP contribution is -2.29. The molecule has 0 unspecified atom stereocenters. The summed E-state index contributed by atoms with van der Waals surface area (Å²) in [5, 5.41) is 9.40. The molecular formula is C21H18ClNO4S2. The molecule has 3 rings (SSSR count). The van der Waals surface area contributed by atoms with E-state index in [1.54, 1.807) is 6.08 Å². The van der Waals surface area contributed by atoms with Crippen LogP contribution in [0.2, 0.25) is 5.02 Å². The molecule has 0 atom stereocenters. The predicted octanol–water partition coefficient (Wildman–Crippen LogP) is 4.99. The third-order valence-electron chi connectivity index (χ3n) is 4.19. The molecule has 1 amide bonds. The van der Waals surface area contributed by atoms with Gasteiger partial charge in [0.15, 0.2) is 0 Å². The van der Waals surface area contributed by atoms with E-state index in [-0.39, 0.29) is 12.3 Å². The van der Waals surface area contributed by atoms with Gasteiger partial charge < -0.3 is 9.84 Å². The van der Waals surface area contributed by atoms with Gasteiger partial charge in [0.25, 0.3) is 5.91 Å². The molecule has 1 aliphatic rings. The standard InChI is InChI=1S/C21H18ClNO4S2/c22-16-8-3-1-7-15(16)13-27-17-9-4-2-6-14(17)12-18-20(26)23(21(28)29-18)11-5-10-19(24)25/h1-4,6-9,12H,5,10-11,13H2,(H,24,25)/b18-12+. The Kier molecular flexibility index (Phi) is 7.30. The molecule has 1 heterocycles. The Morgan fingerprint density at radius 3 is 2.69 bits per heavy atom. The fraction of sp³-hybridized carbons (Fsp3) is 0.190. The van der Waals surface area contributed by atoms with Gasteiger partial charge in [-0.25, -0.2) is 0 Å². The first-order valence-corrected chi connectivity index (χ1v) is 10.5. The molecule has 5 nitrogen and oxygen atoms in total. The largest absolute Gasteiger partial charge is 0.488 e. The highest BCUT2D eigenvalue weighted by Crippen LogP contribution is 2.34. The minimum Gasteiger partial charge on any atom is -0.488 e. The Balaban J connectivity index is 1.73. The summed E-state index contributed by atoms with van der Waals surface area (Å²) in [7, 11) is 0. The van der Waals surface area contributed by atoms with Crippen molar-refractivity contribution < 1.29 is 19.4 Å². The number of hydrogen-bond donors (Lipinski definition) is 1. The van der Waals surface area contributed by atoms with Crippen LogP contribution in [0.3, 0.4) is 0 Å². The molecule has 2 aromatic rings. The first kappa shape index (κ1) is 21.4. The number of rotatable bonds is 8. The molecule has 29 heavy (non-hydrogen) atoms. The van der Waals surface area contributed by atoms with Gasteiger partial charge in [0.05, 0.1) is 4.91 Å². The number of carbonyl (C=O) groups is 2. The number of nitrogens with zero attached hydrogens (tertiary/aromatic N) is 1. The average Bonchev–Trinajstić information content (AvgIpc) is 2.95. The van der Waals surface area contributed by atoms with Crippen molar-refractivity contribution >= 4 is 57.9 Å². The van der Waals surface area contributed by atoms with Crippen LogP contribution >= 0.6 is 35.6 Å². The van der Waals surface area contributed by atoms with Crippen LogP contribution in [0.15, 0.2) is 53.4 Å². The highest BCUT2D eigenvalue weighted by atomic mass is 35.5. The normalized spacial score (nSPS) is 15.2. The second kappa shape index (κ2) is 9.91. The van der Waals surface area contributed by atoms with Crippen LogP contribution in [-0.4, -0.2) is 32.7 Å². The zero-order valence-electron chi connectivity index (χ0n) is 15.3. The van der Waals surface area contributed by atoms with E-state index in [0.29, 0.717) is 39.6 Å². The van der Waals surface area contributed by atoms with E-state index in [2.05, 4.69) is 0 Å². The van der Waals surface area contributed by atoms with Gasteiger partial charge in [-0.05, 0) is 24.6 Å². The average molecular weight is 448 g/mol. The van der Waals surface area contributed by atoms with E-state index in [1.807, 2.05) is 48.5 Å². The Labute approximate surface area is 183 Å². The highest BCUT2D eigenvalue weighted by Gasteiger charge is 2.31. The third kappa shape index (κ3) is 5.59. The number of halogens is 1. The molecule has 8 heteroatoms. The molecule has 1 aliphatic heterocycles. The Hall–Kier alpha value is -2.35. The quantitative estimate of drug-likeness (QED) is 0.454. The van der Waals surface area contributed by atoms with Gasteiger partial charge in [0, 0.05) is 29.1 Å². The van der Waals surface area contributed by atoms with E-state index in [9.17, 15) is 9.59 Å². The molecule has 0 saturated carbocycles. The van der Waals surface area contributed by atoms with Crippen LogP contribution in [0.25, 0.3) is 6.08 Å². The van der Waals surface area contributed by atoms with Crippen molar-refractivity contribution in [1.29, 1.82) is 0 Å². The van der Waals surface area contributed by atoms with Gasteiger partial charge in [-0.15, -0.1) is 0 Å². The molecule has 0 aliphatic carbocycles. The molecule has 150 valence electrons. The minimum absolute atomic E-state index is 0.00513. The maximum absolute atomic E-state index is 12.7. The number of thiocarbonyl (C=S) groups is 1. The molecular weight excluding hydrogens is 430 g/mol. The first-order chi connectivity index (χ1) is 14.0. The topological polar surface area (TPSA) is 66.8 Å². The van der Waals surface area contributed by atoms with E-state index < -0.39 is 5.97 Å². The summed E-state index contributed by atoms with van der Waals surface area (Å²) in [6, 6.07) is 14.9.